The molecular formula is C24H18N2O7S. The molecule has 1 aliphatic rings. The maximum absolute atomic E-state index is 13.3. The number of nitrogens with one attached hydrogen (secondary N) is 1. The number of carboxylic acid groups (broad SMARTS) is 1. The topological polar surface area (TPSA) is 118 Å². The minimum absolute atomic E-state index is 0.0886. The predicted octanol–water partition coefficient (Wildman–Crippen LogP) is 3.49. The minimum atomic E-state index is -1.03. The van der Waals surface area contributed by atoms with Crippen LogP contribution >= 0.6 is 12.2 Å². The highest BCUT2D eigenvalue weighted by atomic mass is 32.1. The van der Waals surface area contributed by atoms with Crippen molar-refractivity contribution in [2.75, 3.05) is 19.1 Å². The van der Waals surface area contributed by atoms with Crippen molar-refractivity contribution in [3.05, 3.63) is 71.5 Å². The van der Waals surface area contributed by atoms with E-state index in [9.17, 15) is 14.4 Å². The number of hydrogen-bond donors (Lipinski definition) is 2. The molecule has 0 unspecified atom stereocenters. The first kappa shape index (κ1) is 22.7. The number of nitrogens with zero attached hydrogens (tertiary/aromatic N) is 1. The first-order chi connectivity index (χ1) is 16.3. The number of amides is 2. The van der Waals surface area contributed by atoms with Crippen LogP contribution in [0.2, 0.25) is 0 Å². The van der Waals surface area contributed by atoms with Crippen molar-refractivity contribution >= 4 is 46.9 Å². The SMILES string of the molecule is COc1ccc(N2C(=O)C(=Cc3ccc(-c4ccc(C(=O)O)cc4)o3)C(=O)NC2=S)c(OC)c1. The van der Waals surface area contributed by atoms with Crippen LogP contribution < -0.4 is 19.7 Å². The number of carboxylic acids is 1. The van der Waals surface area contributed by atoms with Gasteiger partial charge in [-0.3, -0.25) is 14.9 Å². The summed E-state index contributed by atoms with van der Waals surface area (Å²) >= 11 is 5.24. The fourth-order valence-corrected chi connectivity index (χ4v) is 3.62. The summed E-state index contributed by atoms with van der Waals surface area (Å²) < 4.78 is 16.3. The summed E-state index contributed by atoms with van der Waals surface area (Å²) in [6.07, 6.45) is 1.32. The molecule has 0 atom stereocenters. The van der Waals surface area contributed by atoms with Crippen molar-refractivity contribution in [1.29, 1.82) is 0 Å². The van der Waals surface area contributed by atoms with Crippen LogP contribution in [0.5, 0.6) is 11.5 Å². The van der Waals surface area contributed by atoms with E-state index in [4.69, 9.17) is 31.2 Å². The number of rotatable bonds is 6. The van der Waals surface area contributed by atoms with Gasteiger partial charge in [-0.2, -0.15) is 0 Å². The zero-order valence-electron chi connectivity index (χ0n) is 18.0. The van der Waals surface area contributed by atoms with E-state index in [1.165, 1.54) is 32.4 Å². The molecule has 0 spiro atoms. The molecule has 1 fully saturated rings. The lowest BCUT2D eigenvalue weighted by Crippen LogP contribution is -2.54. The summed E-state index contributed by atoms with van der Waals surface area (Å²) in [6, 6.07) is 14.2. The van der Waals surface area contributed by atoms with Gasteiger partial charge in [-0.05, 0) is 54.7 Å². The smallest absolute Gasteiger partial charge is 0.335 e. The Labute approximate surface area is 199 Å². The summed E-state index contributed by atoms with van der Waals surface area (Å²) in [6.45, 7) is 0. The van der Waals surface area contributed by atoms with Crippen molar-refractivity contribution in [2.24, 2.45) is 0 Å². The molecule has 2 heterocycles. The number of carbonyl (C=O) groups is 3. The van der Waals surface area contributed by atoms with Gasteiger partial charge >= 0.3 is 5.97 Å². The molecule has 172 valence electrons. The molecule has 1 aliphatic heterocycles. The van der Waals surface area contributed by atoms with Crippen molar-refractivity contribution in [1.82, 2.24) is 5.32 Å². The van der Waals surface area contributed by atoms with Gasteiger partial charge in [0.25, 0.3) is 11.8 Å². The number of thiocarbonyl (C=S) groups is 1. The van der Waals surface area contributed by atoms with E-state index in [0.717, 1.165) is 4.90 Å². The van der Waals surface area contributed by atoms with Crippen LogP contribution in [0.4, 0.5) is 5.69 Å². The highest BCUT2D eigenvalue weighted by molar-refractivity contribution is 7.80. The average Bonchev–Trinajstić information content (AvgIpc) is 3.30. The first-order valence-corrected chi connectivity index (χ1v) is 10.3. The Kier molecular flexibility index (Phi) is 6.15. The number of aromatic carboxylic acids is 1. The van der Waals surface area contributed by atoms with E-state index in [2.05, 4.69) is 5.32 Å². The lowest BCUT2D eigenvalue weighted by molar-refractivity contribution is -0.122. The third kappa shape index (κ3) is 4.26. The van der Waals surface area contributed by atoms with Gasteiger partial charge in [0.2, 0.25) is 0 Å². The molecule has 2 N–H and O–H groups in total. The van der Waals surface area contributed by atoms with Crippen molar-refractivity contribution < 1.29 is 33.4 Å². The Hall–Kier alpha value is -4.44. The normalized spacial score (nSPS) is 14.8. The highest BCUT2D eigenvalue weighted by Crippen LogP contribution is 2.34. The molecule has 1 saturated heterocycles. The lowest BCUT2D eigenvalue weighted by atomic mass is 10.1. The lowest BCUT2D eigenvalue weighted by Gasteiger charge is -2.29. The van der Waals surface area contributed by atoms with E-state index in [1.54, 1.807) is 42.5 Å². The Morgan fingerprint density at radius 2 is 1.79 bits per heavy atom. The fraction of sp³-hybridized carbons (Fsp3) is 0.0833. The van der Waals surface area contributed by atoms with Gasteiger partial charge in [-0.15, -0.1) is 0 Å². The maximum Gasteiger partial charge on any atom is 0.335 e. The molecular weight excluding hydrogens is 460 g/mol. The Morgan fingerprint density at radius 3 is 2.44 bits per heavy atom. The minimum Gasteiger partial charge on any atom is -0.497 e. The van der Waals surface area contributed by atoms with Crippen LogP contribution in [0.15, 0.2) is 64.6 Å². The summed E-state index contributed by atoms with van der Waals surface area (Å²) in [5.41, 5.74) is 0.934. The summed E-state index contributed by atoms with van der Waals surface area (Å²) in [5, 5.41) is 11.5. The van der Waals surface area contributed by atoms with Crippen LogP contribution in [0.3, 0.4) is 0 Å². The molecule has 1 aromatic heterocycles. The van der Waals surface area contributed by atoms with Crippen LogP contribution in [-0.4, -0.2) is 42.2 Å². The molecule has 0 radical (unpaired) electrons. The van der Waals surface area contributed by atoms with Crippen molar-refractivity contribution in [3.63, 3.8) is 0 Å². The monoisotopic (exact) mass is 478 g/mol. The summed E-state index contributed by atoms with van der Waals surface area (Å²) in [4.78, 5) is 38.0. The Balaban J connectivity index is 1.66. The van der Waals surface area contributed by atoms with Gasteiger partial charge in [0.15, 0.2) is 5.11 Å². The first-order valence-electron chi connectivity index (χ1n) is 9.89. The second-order valence-electron chi connectivity index (χ2n) is 7.08. The summed E-state index contributed by atoms with van der Waals surface area (Å²) in [7, 11) is 2.95. The molecule has 2 aromatic carbocycles. The van der Waals surface area contributed by atoms with Gasteiger partial charge in [-0.1, -0.05) is 12.1 Å². The number of hydrogen-bond acceptors (Lipinski definition) is 7. The number of methoxy groups -OCH3 is 2. The second kappa shape index (κ2) is 9.20. The number of carbonyl (C=O) groups excluding carboxylic acids is 2. The zero-order chi connectivity index (χ0) is 24.4. The molecule has 3 aromatic rings. The van der Waals surface area contributed by atoms with E-state index < -0.39 is 17.8 Å². The van der Waals surface area contributed by atoms with Crippen LogP contribution in [0.1, 0.15) is 16.1 Å². The molecule has 0 aliphatic carbocycles. The molecule has 10 heteroatoms. The largest absolute Gasteiger partial charge is 0.497 e. The van der Waals surface area contributed by atoms with E-state index in [-0.39, 0.29) is 22.0 Å². The standard InChI is InChI=1S/C24H18N2O7S/c1-31-15-7-9-18(20(12-15)32-2)26-22(28)17(21(27)25-24(26)34)11-16-8-10-19(33-16)13-3-5-14(6-4-13)23(29)30/h3-12H,1-2H3,(H,29,30)(H,25,27,34). The number of anilines is 1. The molecule has 0 bridgehead atoms. The third-order valence-electron chi connectivity index (χ3n) is 5.06. The van der Waals surface area contributed by atoms with Gasteiger partial charge < -0.3 is 19.0 Å². The van der Waals surface area contributed by atoms with Gasteiger partial charge in [0.1, 0.15) is 28.6 Å². The Morgan fingerprint density at radius 1 is 1.06 bits per heavy atom. The maximum atomic E-state index is 13.3. The summed E-state index contributed by atoms with van der Waals surface area (Å²) in [5.74, 6) is -0.800. The molecule has 2 amide bonds. The van der Waals surface area contributed by atoms with Crippen molar-refractivity contribution in [2.45, 2.75) is 0 Å². The molecule has 34 heavy (non-hydrogen) atoms. The number of furan rings is 1. The fourth-order valence-electron chi connectivity index (χ4n) is 3.35. The molecule has 9 nitrogen and oxygen atoms in total. The third-order valence-corrected chi connectivity index (χ3v) is 5.34. The number of benzene rings is 2. The quantitative estimate of drug-likeness (QED) is 0.314. The second-order valence-corrected chi connectivity index (χ2v) is 7.47. The van der Waals surface area contributed by atoms with E-state index in [1.807, 2.05) is 0 Å². The average molecular weight is 478 g/mol. The zero-order valence-corrected chi connectivity index (χ0v) is 18.8. The van der Waals surface area contributed by atoms with Crippen LogP contribution in [-0.2, 0) is 9.59 Å². The molecule has 0 saturated carbocycles. The van der Waals surface area contributed by atoms with Crippen molar-refractivity contribution in [3.8, 4) is 22.8 Å². The highest BCUT2D eigenvalue weighted by Gasteiger charge is 2.36. The predicted molar refractivity (Wildman–Crippen MR) is 127 cm³/mol. The van der Waals surface area contributed by atoms with Crippen LogP contribution in [0.25, 0.3) is 17.4 Å². The van der Waals surface area contributed by atoms with E-state index >= 15 is 0 Å². The number of ether oxygens (including phenoxy) is 2. The van der Waals surface area contributed by atoms with Gasteiger partial charge in [-0.25, -0.2) is 9.69 Å². The van der Waals surface area contributed by atoms with E-state index in [0.29, 0.717) is 28.5 Å². The Bertz CT molecular complexity index is 1340. The van der Waals surface area contributed by atoms with Gasteiger partial charge in [0, 0.05) is 11.6 Å². The molecule has 4 rings (SSSR count). The van der Waals surface area contributed by atoms with Gasteiger partial charge in [0.05, 0.1) is 25.5 Å². The van der Waals surface area contributed by atoms with Crippen LogP contribution in [0, 0.1) is 0 Å².